The summed E-state index contributed by atoms with van der Waals surface area (Å²) in [6.07, 6.45) is 0.244. The zero-order valence-electron chi connectivity index (χ0n) is 17.1. The molecule has 2 aromatic carbocycles. The average Bonchev–Trinajstić information content (AvgIpc) is 3.36. The monoisotopic (exact) mass is 440 g/mol. The van der Waals surface area contributed by atoms with Gasteiger partial charge in [0.2, 0.25) is 11.8 Å². The van der Waals surface area contributed by atoms with Gasteiger partial charge in [-0.05, 0) is 55.3 Å². The van der Waals surface area contributed by atoms with Crippen LogP contribution < -0.4 is 15.0 Å². The first kappa shape index (κ1) is 20.9. The average molecular weight is 441 g/mol. The lowest BCUT2D eigenvalue weighted by Gasteiger charge is -2.16. The quantitative estimate of drug-likeness (QED) is 0.624. The molecular weight excluding hydrogens is 420 g/mol. The van der Waals surface area contributed by atoms with Crippen LogP contribution in [0.25, 0.3) is 0 Å². The van der Waals surface area contributed by atoms with Gasteiger partial charge in [0.25, 0.3) is 5.91 Å². The van der Waals surface area contributed by atoms with Crippen LogP contribution in [0, 0.1) is 13.8 Å². The minimum Gasteiger partial charge on any atom is -0.483 e. The third-order valence-electron chi connectivity index (χ3n) is 5.21. The molecule has 2 amide bonds. The summed E-state index contributed by atoms with van der Waals surface area (Å²) in [5, 5.41) is 11.0. The van der Waals surface area contributed by atoms with Gasteiger partial charge in [-0.25, -0.2) is 0 Å². The van der Waals surface area contributed by atoms with Crippen molar-refractivity contribution in [1.29, 1.82) is 0 Å². The lowest BCUT2D eigenvalue weighted by Crippen LogP contribution is -2.24. The molecule has 1 aliphatic rings. The van der Waals surface area contributed by atoms with E-state index in [1.54, 1.807) is 29.2 Å². The largest absolute Gasteiger partial charge is 0.483 e. The van der Waals surface area contributed by atoms with E-state index in [0.29, 0.717) is 23.2 Å². The standard InChI is InChI=1S/C22H21ClN4O4/c1-13-4-3-5-18(14(13)2)30-12-19(28)24-22-26-25-21(31-22)15-10-20(29)27(11-15)17-8-6-16(23)7-9-17/h3-9,15H,10-12H2,1-2H3,(H,24,26,28). The second-order valence-corrected chi connectivity index (χ2v) is 7.80. The lowest BCUT2D eigenvalue weighted by molar-refractivity contribution is -0.118. The molecule has 1 fully saturated rings. The fourth-order valence-electron chi connectivity index (χ4n) is 3.37. The molecule has 0 radical (unpaired) electrons. The van der Waals surface area contributed by atoms with Gasteiger partial charge in [0.15, 0.2) is 6.61 Å². The predicted octanol–water partition coefficient (Wildman–Crippen LogP) is 3.88. The van der Waals surface area contributed by atoms with Crippen molar-refractivity contribution in [3.63, 3.8) is 0 Å². The van der Waals surface area contributed by atoms with Crippen LogP contribution in [0.1, 0.15) is 29.4 Å². The highest BCUT2D eigenvalue weighted by Crippen LogP contribution is 2.32. The lowest BCUT2D eigenvalue weighted by atomic mass is 10.1. The van der Waals surface area contributed by atoms with E-state index in [0.717, 1.165) is 16.8 Å². The molecule has 1 atom stereocenters. The number of rotatable bonds is 6. The van der Waals surface area contributed by atoms with Crippen molar-refractivity contribution in [2.75, 3.05) is 23.4 Å². The zero-order chi connectivity index (χ0) is 22.0. The van der Waals surface area contributed by atoms with E-state index in [1.807, 2.05) is 32.0 Å². The number of ether oxygens (including phenoxy) is 1. The van der Waals surface area contributed by atoms with Crippen molar-refractivity contribution >= 4 is 35.1 Å². The van der Waals surface area contributed by atoms with Gasteiger partial charge in [-0.2, -0.15) is 0 Å². The number of amides is 2. The van der Waals surface area contributed by atoms with E-state index in [-0.39, 0.29) is 30.9 Å². The Bertz CT molecular complexity index is 1110. The minimum absolute atomic E-state index is 0.0260. The van der Waals surface area contributed by atoms with Crippen molar-refractivity contribution < 1.29 is 18.7 Å². The van der Waals surface area contributed by atoms with Gasteiger partial charge in [0, 0.05) is 23.7 Å². The molecule has 2 heterocycles. The maximum absolute atomic E-state index is 12.4. The topological polar surface area (TPSA) is 97.6 Å². The molecule has 0 saturated carbocycles. The van der Waals surface area contributed by atoms with Gasteiger partial charge >= 0.3 is 6.01 Å². The zero-order valence-corrected chi connectivity index (χ0v) is 17.8. The molecule has 8 nitrogen and oxygen atoms in total. The summed E-state index contributed by atoms with van der Waals surface area (Å²) in [5.41, 5.74) is 2.82. The number of halogens is 1. The highest BCUT2D eigenvalue weighted by molar-refractivity contribution is 6.30. The highest BCUT2D eigenvalue weighted by atomic mass is 35.5. The molecule has 1 N–H and O–H groups in total. The van der Waals surface area contributed by atoms with Gasteiger partial charge < -0.3 is 14.1 Å². The molecule has 160 valence electrons. The van der Waals surface area contributed by atoms with Crippen LogP contribution in [0.5, 0.6) is 5.75 Å². The number of carbonyl (C=O) groups excluding carboxylic acids is 2. The van der Waals surface area contributed by atoms with Crippen LogP contribution in [0.2, 0.25) is 5.02 Å². The predicted molar refractivity (Wildman–Crippen MR) is 116 cm³/mol. The Hall–Kier alpha value is -3.39. The van der Waals surface area contributed by atoms with E-state index in [4.69, 9.17) is 20.8 Å². The van der Waals surface area contributed by atoms with Crippen LogP contribution >= 0.6 is 11.6 Å². The van der Waals surface area contributed by atoms with Crippen LogP contribution in [0.3, 0.4) is 0 Å². The molecule has 1 aliphatic heterocycles. The Balaban J connectivity index is 1.35. The number of aryl methyl sites for hydroxylation is 1. The van der Waals surface area contributed by atoms with E-state index in [9.17, 15) is 9.59 Å². The third-order valence-corrected chi connectivity index (χ3v) is 5.47. The number of nitrogens with one attached hydrogen (secondary N) is 1. The molecular formula is C22H21ClN4O4. The summed E-state index contributed by atoms with van der Waals surface area (Å²) in [7, 11) is 0. The molecule has 1 unspecified atom stereocenters. The Labute approximate surface area is 184 Å². The van der Waals surface area contributed by atoms with Crippen molar-refractivity contribution in [3.8, 4) is 5.75 Å². The Morgan fingerprint density at radius 3 is 2.77 bits per heavy atom. The van der Waals surface area contributed by atoms with Crippen molar-refractivity contribution in [3.05, 3.63) is 64.5 Å². The summed E-state index contributed by atoms with van der Waals surface area (Å²) in [4.78, 5) is 26.3. The number of hydrogen-bond donors (Lipinski definition) is 1. The molecule has 0 aliphatic carbocycles. The van der Waals surface area contributed by atoms with Gasteiger partial charge in [0.05, 0.1) is 5.92 Å². The summed E-state index contributed by atoms with van der Waals surface area (Å²) in [5.74, 6) is 0.232. The molecule has 4 rings (SSSR count). The fraction of sp³-hybridized carbons (Fsp3) is 0.273. The van der Waals surface area contributed by atoms with E-state index in [1.165, 1.54) is 0 Å². The number of anilines is 2. The van der Waals surface area contributed by atoms with E-state index >= 15 is 0 Å². The van der Waals surface area contributed by atoms with Crippen LogP contribution in [0.15, 0.2) is 46.9 Å². The molecule has 1 saturated heterocycles. The van der Waals surface area contributed by atoms with Gasteiger partial charge in [0.1, 0.15) is 5.75 Å². The first-order chi connectivity index (χ1) is 14.9. The van der Waals surface area contributed by atoms with Gasteiger partial charge in [-0.3, -0.25) is 14.9 Å². The first-order valence-electron chi connectivity index (χ1n) is 9.79. The maximum Gasteiger partial charge on any atom is 0.322 e. The molecule has 0 spiro atoms. The number of benzene rings is 2. The summed E-state index contributed by atoms with van der Waals surface area (Å²) >= 11 is 5.92. The SMILES string of the molecule is Cc1cccc(OCC(=O)Nc2nnc(C3CC(=O)N(c4ccc(Cl)cc4)C3)o2)c1C. The fourth-order valence-corrected chi connectivity index (χ4v) is 3.50. The van der Waals surface area contributed by atoms with Crippen molar-refractivity contribution in [1.82, 2.24) is 10.2 Å². The van der Waals surface area contributed by atoms with Crippen molar-refractivity contribution in [2.24, 2.45) is 0 Å². The number of carbonyl (C=O) groups is 2. The molecule has 1 aromatic heterocycles. The number of hydrogen-bond acceptors (Lipinski definition) is 6. The van der Waals surface area contributed by atoms with E-state index < -0.39 is 5.91 Å². The Kier molecular flexibility index (Phi) is 5.90. The molecule has 0 bridgehead atoms. The maximum atomic E-state index is 12.4. The van der Waals surface area contributed by atoms with E-state index in [2.05, 4.69) is 15.5 Å². The number of nitrogens with zero attached hydrogens (tertiary/aromatic N) is 3. The minimum atomic E-state index is -0.415. The van der Waals surface area contributed by atoms with Gasteiger partial charge in [-0.1, -0.05) is 28.8 Å². The first-order valence-corrected chi connectivity index (χ1v) is 10.2. The van der Waals surface area contributed by atoms with Crippen LogP contribution in [-0.2, 0) is 9.59 Å². The Morgan fingerprint density at radius 2 is 2.00 bits per heavy atom. The normalized spacial score (nSPS) is 15.9. The summed E-state index contributed by atoms with van der Waals surface area (Å²) in [6.45, 7) is 4.13. The molecule has 3 aromatic rings. The molecule has 31 heavy (non-hydrogen) atoms. The second kappa shape index (κ2) is 8.77. The smallest absolute Gasteiger partial charge is 0.322 e. The van der Waals surface area contributed by atoms with Crippen molar-refractivity contribution in [2.45, 2.75) is 26.2 Å². The molecule has 9 heteroatoms. The highest BCUT2D eigenvalue weighted by Gasteiger charge is 2.35. The van der Waals surface area contributed by atoms with Gasteiger partial charge in [-0.15, -0.1) is 5.10 Å². The summed E-state index contributed by atoms with van der Waals surface area (Å²) < 4.78 is 11.2. The second-order valence-electron chi connectivity index (χ2n) is 7.36. The van der Waals surface area contributed by atoms with Crippen LogP contribution in [0.4, 0.5) is 11.7 Å². The third kappa shape index (κ3) is 4.69. The number of aromatic nitrogens is 2. The summed E-state index contributed by atoms with van der Waals surface area (Å²) in [6, 6.07) is 12.7. The Morgan fingerprint density at radius 1 is 1.23 bits per heavy atom. The van der Waals surface area contributed by atoms with Crippen LogP contribution in [-0.4, -0.2) is 35.2 Å².